The Hall–Kier alpha value is -4.10. The lowest BCUT2D eigenvalue weighted by molar-refractivity contribution is 0.0993. The molecule has 0 amide bonds. The predicted octanol–water partition coefficient (Wildman–Crippen LogP) is 6.16. The van der Waals surface area contributed by atoms with Gasteiger partial charge in [0.15, 0.2) is 17.4 Å². The largest absolute Gasteiger partial charge is 0.435 e. The summed E-state index contributed by atoms with van der Waals surface area (Å²) in [5, 5.41) is 6.45. The fourth-order valence-corrected chi connectivity index (χ4v) is 5.71. The van der Waals surface area contributed by atoms with Crippen LogP contribution in [-0.2, 0) is 16.7 Å². The maximum atomic E-state index is 15.1. The normalized spacial score (nSPS) is 17.7. The second-order valence-electron chi connectivity index (χ2n) is 10.7. The van der Waals surface area contributed by atoms with E-state index in [1.165, 1.54) is 12.4 Å². The van der Waals surface area contributed by atoms with Crippen molar-refractivity contribution in [3.63, 3.8) is 0 Å². The summed E-state index contributed by atoms with van der Waals surface area (Å²) < 4.78 is 79.7. The van der Waals surface area contributed by atoms with E-state index in [0.29, 0.717) is 42.4 Å². The number of nitrogens with zero attached hydrogens (tertiary/aromatic N) is 3. The van der Waals surface area contributed by atoms with E-state index in [1.807, 2.05) is 0 Å². The van der Waals surface area contributed by atoms with Gasteiger partial charge >= 0.3 is 0 Å². The van der Waals surface area contributed by atoms with Gasteiger partial charge in [0.25, 0.3) is 0 Å². The number of hydrogen-bond acceptors (Lipinski definition) is 7. The Morgan fingerprint density at radius 1 is 1.02 bits per heavy atom. The van der Waals surface area contributed by atoms with E-state index in [9.17, 15) is 17.4 Å². The summed E-state index contributed by atoms with van der Waals surface area (Å²) in [7, 11) is -1.93. The van der Waals surface area contributed by atoms with Gasteiger partial charge in [-0.25, -0.2) is 32.3 Å². The zero-order valence-electron chi connectivity index (χ0n) is 23.4. The molecule has 5 rings (SSSR count). The van der Waals surface area contributed by atoms with Crippen LogP contribution >= 0.6 is 0 Å². The minimum Gasteiger partial charge on any atom is -0.435 e. The van der Waals surface area contributed by atoms with Crippen LogP contribution in [0.1, 0.15) is 25.8 Å². The lowest BCUT2D eigenvalue weighted by Crippen LogP contribution is -2.48. The van der Waals surface area contributed by atoms with E-state index in [4.69, 9.17) is 4.74 Å². The topological polar surface area (TPSA) is 101 Å². The number of pyridine rings is 1. The van der Waals surface area contributed by atoms with E-state index in [0.717, 1.165) is 0 Å². The minimum absolute atomic E-state index is 0.0433. The second-order valence-corrected chi connectivity index (χ2v) is 11.8. The first-order valence-corrected chi connectivity index (χ1v) is 14.9. The zero-order valence-corrected chi connectivity index (χ0v) is 24.2. The van der Waals surface area contributed by atoms with Crippen LogP contribution in [0.25, 0.3) is 11.3 Å². The van der Waals surface area contributed by atoms with Crippen LogP contribution in [0.3, 0.4) is 0 Å². The monoisotopic (exact) mass is 614 g/mol. The molecule has 2 aromatic heterocycles. The smallest absolute Gasteiger partial charge is 0.228 e. The van der Waals surface area contributed by atoms with Gasteiger partial charge in [-0.3, -0.25) is 4.72 Å². The predicted molar refractivity (Wildman–Crippen MR) is 157 cm³/mol. The van der Waals surface area contributed by atoms with Crippen LogP contribution in [-0.4, -0.2) is 44.0 Å². The fraction of sp³-hybridized carbons (Fsp3) is 0.300. The molecule has 3 atom stereocenters. The highest BCUT2D eigenvalue weighted by atomic mass is 32.2. The van der Waals surface area contributed by atoms with Crippen molar-refractivity contribution in [2.24, 2.45) is 5.92 Å². The molecule has 3 N–H and O–H groups in total. The molecule has 0 spiro atoms. The third kappa shape index (κ3) is 7.46. The molecule has 1 fully saturated rings. The van der Waals surface area contributed by atoms with E-state index in [1.54, 1.807) is 62.4 Å². The Morgan fingerprint density at radius 2 is 1.81 bits per heavy atom. The van der Waals surface area contributed by atoms with Crippen LogP contribution < -0.4 is 20.1 Å². The first-order chi connectivity index (χ1) is 20.6. The van der Waals surface area contributed by atoms with Crippen LogP contribution in [0.4, 0.5) is 29.2 Å². The average Bonchev–Trinajstić information content (AvgIpc) is 2.99. The fourth-order valence-electron chi connectivity index (χ4n) is 4.72. The molecule has 3 heterocycles. The van der Waals surface area contributed by atoms with E-state index in [2.05, 4.69) is 30.3 Å². The molecule has 1 aliphatic rings. The Labute approximate surface area is 248 Å². The van der Waals surface area contributed by atoms with Gasteiger partial charge in [-0.2, -0.15) is 4.39 Å². The number of halogens is 4. The number of aromatic nitrogens is 3. The van der Waals surface area contributed by atoms with Crippen molar-refractivity contribution >= 4 is 22.6 Å². The Bertz CT molecular complexity index is 1610. The van der Waals surface area contributed by atoms with Crippen LogP contribution in [0.5, 0.6) is 11.6 Å². The van der Waals surface area contributed by atoms with Crippen molar-refractivity contribution in [2.75, 3.05) is 23.1 Å². The van der Waals surface area contributed by atoms with E-state index in [-0.39, 0.29) is 29.5 Å². The van der Waals surface area contributed by atoms with Crippen molar-refractivity contribution in [3.05, 3.63) is 90.0 Å². The zero-order chi connectivity index (χ0) is 30.6. The van der Waals surface area contributed by atoms with E-state index >= 15 is 4.39 Å². The summed E-state index contributed by atoms with van der Waals surface area (Å²) in [6.45, 7) is 4.28. The molecule has 0 bridgehead atoms. The molecule has 4 aromatic rings. The summed E-state index contributed by atoms with van der Waals surface area (Å²) in [5.74, 6) is -5.14. The molecule has 0 aliphatic carbocycles. The summed E-state index contributed by atoms with van der Waals surface area (Å²) in [4.78, 5) is 12.9. The van der Waals surface area contributed by atoms with Crippen LogP contribution in [0, 0.1) is 23.4 Å². The molecular weight excluding hydrogens is 584 g/mol. The maximum absolute atomic E-state index is 15.1. The summed E-state index contributed by atoms with van der Waals surface area (Å²) >= 11 is 0. The molecule has 8 nitrogen and oxygen atoms in total. The Morgan fingerprint density at radius 3 is 2.58 bits per heavy atom. The number of anilines is 2. The molecule has 1 saturated heterocycles. The summed E-state index contributed by atoms with van der Waals surface area (Å²) in [6.07, 6.45) is 3.45. The van der Waals surface area contributed by atoms with Crippen molar-refractivity contribution in [1.29, 1.82) is 0 Å². The number of nitrogens with one attached hydrogen (secondary N) is 3. The molecule has 13 heteroatoms. The third-order valence-corrected chi connectivity index (χ3v) is 8.07. The van der Waals surface area contributed by atoms with Crippen LogP contribution in [0.2, 0.25) is 0 Å². The van der Waals surface area contributed by atoms with Crippen LogP contribution in [0.15, 0.2) is 67.0 Å². The van der Waals surface area contributed by atoms with Gasteiger partial charge in [0.05, 0.1) is 17.0 Å². The summed E-state index contributed by atoms with van der Waals surface area (Å²) in [5.41, 5.74) is -0.891. The standard InChI is InChI=1S/C30H30F4N6O2S/c1-30(2,34)19-13-20(16-35-15-19)38-29-37-12-10-23(39-29)21-9-6-11-36-28(21)42-24-14-22(31)27(26(33)25(24)32)40-43(41)17-18-7-4-3-5-8-18/h3-12,14,19-20,35,40H,13,15-17H2,1-2H3,(H,37,38,39). The summed E-state index contributed by atoms with van der Waals surface area (Å²) in [6, 6.07) is 14.0. The lowest BCUT2D eigenvalue weighted by Gasteiger charge is -2.35. The first kappa shape index (κ1) is 30.4. The number of benzene rings is 2. The van der Waals surface area contributed by atoms with E-state index < -0.39 is 45.5 Å². The number of piperidine rings is 1. The van der Waals surface area contributed by atoms with Gasteiger partial charge in [0.2, 0.25) is 17.6 Å². The van der Waals surface area contributed by atoms with Gasteiger partial charge in [-0.05, 0) is 44.0 Å². The molecule has 0 saturated carbocycles. The quantitative estimate of drug-likeness (QED) is 0.145. The molecule has 2 aromatic carbocycles. The van der Waals surface area contributed by atoms with Crippen molar-refractivity contribution < 1.29 is 26.5 Å². The second kappa shape index (κ2) is 13.0. The molecule has 43 heavy (non-hydrogen) atoms. The van der Waals surface area contributed by atoms with Gasteiger partial charge < -0.3 is 15.4 Å². The molecule has 1 aliphatic heterocycles. The highest BCUT2D eigenvalue weighted by Crippen LogP contribution is 2.36. The third-order valence-electron chi connectivity index (χ3n) is 7.05. The highest BCUT2D eigenvalue weighted by molar-refractivity contribution is 7.85. The number of hydrogen-bond donors (Lipinski definition) is 3. The van der Waals surface area contributed by atoms with Gasteiger partial charge in [-0.1, -0.05) is 30.3 Å². The minimum atomic E-state index is -1.93. The molecule has 226 valence electrons. The Kier molecular flexibility index (Phi) is 9.21. The number of rotatable bonds is 10. The number of ether oxygens (including phenoxy) is 1. The maximum Gasteiger partial charge on any atom is 0.228 e. The molecule has 3 unspecified atom stereocenters. The van der Waals surface area contributed by atoms with Crippen molar-refractivity contribution in [2.45, 2.75) is 37.7 Å². The molecule has 0 radical (unpaired) electrons. The van der Waals surface area contributed by atoms with Gasteiger partial charge in [0.1, 0.15) is 22.3 Å². The average molecular weight is 615 g/mol. The molecular formula is C30H30F4N6O2S. The highest BCUT2D eigenvalue weighted by Gasteiger charge is 2.34. The Balaban J connectivity index is 1.34. The van der Waals surface area contributed by atoms with Gasteiger partial charge in [-0.15, -0.1) is 0 Å². The SMILES string of the molecule is CC(C)(F)C1CNCC(Nc2nccc(-c3cccnc3Oc3cc(F)c(NS(=O)Cc4ccccc4)c(F)c3F)n2)C1. The van der Waals surface area contributed by atoms with Crippen molar-refractivity contribution in [1.82, 2.24) is 20.3 Å². The van der Waals surface area contributed by atoms with Gasteiger partial charge in [0, 0.05) is 43.5 Å². The number of alkyl halides is 1. The van der Waals surface area contributed by atoms with Crippen molar-refractivity contribution in [3.8, 4) is 22.9 Å². The lowest BCUT2D eigenvalue weighted by atomic mass is 9.84. The first-order valence-electron chi connectivity index (χ1n) is 13.6.